The molecule has 2 saturated heterocycles. The van der Waals surface area contributed by atoms with Gasteiger partial charge in [0.25, 0.3) is 0 Å². The second kappa shape index (κ2) is 4.34. The van der Waals surface area contributed by atoms with Crippen molar-refractivity contribution >= 4 is 34.3 Å². The number of hydrogen-bond acceptors (Lipinski definition) is 5. The van der Waals surface area contributed by atoms with Crippen LogP contribution in [0.5, 0.6) is 0 Å². The Bertz CT molecular complexity index is 300. The van der Waals surface area contributed by atoms with E-state index in [1.54, 1.807) is 0 Å². The van der Waals surface area contributed by atoms with Crippen LogP contribution in [0.1, 0.15) is 12.8 Å². The first kappa shape index (κ1) is 11.3. The summed E-state index contributed by atoms with van der Waals surface area (Å²) in [7, 11) is 0. The van der Waals surface area contributed by atoms with Crippen molar-refractivity contribution < 1.29 is 14.6 Å². The van der Waals surface area contributed by atoms with Crippen molar-refractivity contribution in [3.8, 4) is 0 Å². The van der Waals surface area contributed by atoms with Gasteiger partial charge in [-0.3, -0.25) is 9.79 Å². The molecule has 1 spiro atoms. The van der Waals surface area contributed by atoms with Gasteiger partial charge < -0.3 is 15.2 Å². The van der Waals surface area contributed by atoms with E-state index in [0.717, 1.165) is 13.1 Å². The molecule has 0 bridgehead atoms. The van der Waals surface area contributed by atoms with E-state index in [0.29, 0.717) is 18.6 Å². The number of aliphatic hydroxyl groups excluding tert-OH is 1. The van der Waals surface area contributed by atoms with E-state index >= 15 is 0 Å². The molecular formula is C9H13IN2O3. The summed E-state index contributed by atoms with van der Waals surface area (Å²) >= 11 is 2.04. The monoisotopic (exact) mass is 324 g/mol. The summed E-state index contributed by atoms with van der Waals surface area (Å²) in [5, 5.41) is 12.1. The summed E-state index contributed by atoms with van der Waals surface area (Å²) in [6.45, 7) is 1.31. The van der Waals surface area contributed by atoms with Gasteiger partial charge in [-0.15, -0.1) is 0 Å². The van der Waals surface area contributed by atoms with Gasteiger partial charge >= 0.3 is 5.97 Å². The quantitative estimate of drug-likeness (QED) is 0.407. The van der Waals surface area contributed by atoms with E-state index in [4.69, 9.17) is 9.84 Å². The van der Waals surface area contributed by atoms with Gasteiger partial charge in [0, 0.05) is 0 Å². The molecular weight excluding hydrogens is 311 g/mol. The van der Waals surface area contributed by atoms with Crippen molar-refractivity contribution in [3.05, 3.63) is 0 Å². The Morgan fingerprint density at radius 3 is 2.87 bits per heavy atom. The Labute approximate surface area is 101 Å². The number of hydrogen-bond donors (Lipinski definition) is 2. The number of carbonyl (C=O) groups is 1. The van der Waals surface area contributed by atoms with E-state index in [1.165, 1.54) is 0 Å². The largest absolute Gasteiger partial charge is 0.445 e. The van der Waals surface area contributed by atoms with Crippen molar-refractivity contribution in [3.63, 3.8) is 0 Å². The average molecular weight is 324 g/mol. The molecule has 2 rings (SSSR count). The number of halogens is 1. The van der Waals surface area contributed by atoms with Gasteiger partial charge in [-0.2, -0.15) is 0 Å². The zero-order chi connectivity index (χ0) is 10.9. The number of piperidine rings is 1. The van der Waals surface area contributed by atoms with Crippen LogP contribution in [-0.2, 0) is 9.53 Å². The number of rotatable bonds is 1. The predicted octanol–water partition coefficient (Wildman–Crippen LogP) is 0.0649. The number of nitrogens with zero attached hydrogens (tertiary/aromatic N) is 1. The van der Waals surface area contributed by atoms with Gasteiger partial charge in [0.15, 0.2) is 4.11 Å². The molecule has 15 heavy (non-hydrogen) atoms. The topological polar surface area (TPSA) is 70.9 Å². The van der Waals surface area contributed by atoms with Crippen LogP contribution in [0.4, 0.5) is 0 Å². The third kappa shape index (κ3) is 1.78. The van der Waals surface area contributed by atoms with E-state index in [2.05, 4.69) is 10.3 Å². The predicted molar refractivity (Wildman–Crippen MR) is 63.0 cm³/mol. The highest BCUT2D eigenvalue weighted by Gasteiger charge is 2.54. The van der Waals surface area contributed by atoms with Gasteiger partial charge in [0.2, 0.25) is 0 Å². The zero-order valence-electron chi connectivity index (χ0n) is 8.20. The Balaban J connectivity index is 2.33. The van der Waals surface area contributed by atoms with Crippen LogP contribution in [0.2, 0.25) is 0 Å². The lowest BCUT2D eigenvalue weighted by Crippen LogP contribution is -2.44. The summed E-state index contributed by atoms with van der Waals surface area (Å²) in [4.78, 5) is 15.9. The third-order valence-electron chi connectivity index (χ3n) is 3.00. The summed E-state index contributed by atoms with van der Waals surface area (Å²) in [6, 6.07) is 0. The molecule has 0 saturated carbocycles. The Kier molecular flexibility index (Phi) is 3.27. The first-order valence-corrected chi connectivity index (χ1v) is 6.17. The fraction of sp³-hybridized carbons (Fsp3) is 0.778. The van der Waals surface area contributed by atoms with E-state index in [9.17, 15) is 4.79 Å². The molecule has 0 aliphatic carbocycles. The first-order chi connectivity index (χ1) is 7.20. The maximum Gasteiger partial charge on any atom is 0.319 e. The average Bonchev–Trinajstić information content (AvgIpc) is 2.45. The highest BCUT2D eigenvalue weighted by molar-refractivity contribution is 14.1. The van der Waals surface area contributed by atoms with Crippen LogP contribution in [0.15, 0.2) is 4.99 Å². The molecule has 1 atom stereocenters. The molecule has 0 aromatic heterocycles. The molecule has 0 aromatic rings. The number of nitrogens with one attached hydrogen (secondary N) is 1. The summed E-state index contributed by atoms with van der Waals surface area (Å²) in [6.07, 6.45) is 1.42. The lowest BCUT2D eigenvalue weighted by atomic mass is 9.76. The maximum atomic E-state index is 11.8. The lowest BCUT2D eigenvalue weighted by Gasteiger charge is -2.30. The van der Waals surface area contributed by atoms with Crippen molar-refractivity contribution in [2.24, 2.45) is 10.4 Å². The molecule has 0 amide bonds. The second-order valence-corrected chi connectivity index (χ2v) is 4.87. The molecule has 2 aliphatic heterocycles. The zero-order valence-corrected chi connectivity index (χ0v) is 10.4. The SMILES string of the molecule is O=C1O[C@@H](I)/C(=N/CO)C12CCNCC2. The van der Waals surface area contributed by atoms with E-state index in [-0.39, 0.29) is 16.8 Å². The molecule has 0 aromatic carbocycles. The van der Waals surface area contributed by atoms with Gasteiger partial charge in [-0.1, -0.05) is 0 Å². The van der Waals surface area contributed by atoms with Crippen LogP contribution in [0.3, 0.4) is 0 Å². The fourth-order valence-corrected chi connectivity index (χ4v) is 3.22. The van der Waals surface area contributed by atoms with Crippen molar-refractivity contribution in [1.29, 1.82) is 0 Å². The van der Waals surface area contributed by atoms with Gasteiger partial charge in [-0.05, 0) is 48.5 Å². The van der Waals surface area contributed by atoms with Crippen molar-refractivity contribution in [2.45, 2.75) is 17.0 Å². The Morgan fingerprint density at radius 2 is 2.27 bits per heavy atom. The minimum absolute atomic E-state index is 0.185. The molecule has 6 heteroatoms. The molecule has 5 nitrogen and oxygen atoms in total. The smallest absolute Gasteiger partial charge is 0.319 e. The molecule has 2 heterocycles. The number of aliphatic imine (C=N–C) groups is 1. The standard InChI is InChI=1S/C9H13IN2O3/c10-7-6(12-5-13)9(8(14)15-7)1-3-11-4-2-9/h7,11,13H,1-5H2/b12-6-/t7-/m1/s1. The molecule has 0 unspecified atom stereocenters. The van der Waals surface area contributed by atoms with Crippen LogP contribution < -0.4 is 5.32 Å². The van der Waals surface area contributed by atoms with Crippen molar-refractivity contribution in [2.75, 3.05) is 19.8 Å². The normalized spacial score (nSPS) is 32.3. The lowest BCUT2D eigenvalue weighted by molar-refractivity contribution is -0.147. The van der Waals surface area contributed by atoms with Crippen molar-refractivity contribution in [1.82, 2.24) is 5.32 Å². The Hall–Kier alpha value is -0.210. The van der Waals surface area contributed by atoms with E-state index < -0.39 is 5.41 Å². The first-order valence-electron chi connectivity index (χ1n) is 4.92. The molecule has 0 radical (unpaired) electrons. The minimum Gasteiger partial charge on any atom is -0.445 e. The second-order valence-electron chi connectivity index (χ2n) is 3.74. The number of cyclic esters (lactones) is 1. The fourth-order valence-electron chi connectivity index (χ4n) is 2.20. The van der Waals surface area contributed by atoms with Crippen LogP contribution in [0, 0.1) is 5.41 Å². The number of esters is 1. The van der Waals surface area contributed by atoms with Crippen LogP contribution in [-0.4, -0.2) is 40.7 Å². The summed E-state index contributed by atoms with van der Waals surface area (Å²) < 4.78 is 4.88. The summed E-state index contributed by atoms with van der Waals surface area (Å²) in [5.41, 5.74) is 0.136. The van der Waals surface area contributed by atoms with Gasteiger partial charge in [0.05, 0.1) is 5.71 Å². The van der Waals surface area contributed by atoms with Gasteiger partial charge in [-0.25, -0.2) is 0 Å². The maximum absolute atomic E-state index is 11.8. The molecule has 2 aliphatic rings. The number of alkyl halides is 1. The van der Waals surface area contributed by atoms with Crippen LogP contribution >= 0.6 is 22.6 Å². The molecule has 84 valence electrons. The number of aliphatic hydroxyl groups is 1. The van der Waals surface area contributed by atoms with Crippen LogP contribution in [0.25, 0.3) is 0 Å². The van der Waals surface area contributed by atoms with Gasteiger partial charge in [0.1, 0.15) is 12.1 Å². The molecule has 2 fully saturated rings. The highest BCUT2D eigenvalue weighted by Crippen LogP contribution is 2.41. The minimum atomic E-state index is -0.570. The number of carbonyl (C=O) groups excluding carboxylic acids is 1. The summed E-state index contributed by atoms with van der Waals surface area (Å²) in [5.74, 6) is -0.185. The Morgan fingerprint density at radius 1 is 1.60 bits per heavy atom. The van der Waals surface area contributed by atoms with E-state index in [1.807, 2.05) is 22.6 Å². The molecule has 2 N–H and O–H groups in total. The third-order valence-corrected chi connectivity index (χ3v) is 3.85. The highest BCUT2D eigenvalue weighted by atomic mass is 127. The number of ether oxygens (including phenoxy) is 1.